The van der Waals surface area contributed by atoms with Gasteiger partial charge in [-0.1, -0.05) is 28.1 Å². The van der Waals surface area contributed by atoms with Gasteiger partial charge in [0.15, 0.2) is 6.61 Å². The van der Waals surface area contributed by atoms with Crippen molar-refractivity contribution in [2.24, 2.45) is 0 Å². The molecule has 0 spiro atoms. The van der Waals surface area contributed by atoms with Crippen LogP contribution in [0.3, 0.4) is 0 Å². The monoisotopic (exact) mass is 467 g/mol. The van der Waals surface area contributed by atoms with Gasteiger partial charge in [-0.3, -0.25) is 4.79 Å². The Balaban J connectivity index is 1.30. The van der Waals surface area contributed by atoms with E-state index in [2.05, 4.69) is 31.5 Å². The van der Waals surface area contributed by atoms with Crippen molar-refractivity contribution in [2.75, 3.05) is 13.7 Å². The summed E-state index contributed by atoms with van der Waals surface area (Å²) in [5.41, 5.74) is 1.78. The lowest BCUT2D eigenvalue weighted by molar-refractivity contribution is -0.132. The molecule has 0 bridgehead atoms. The number of halogens is 1. The molecule has 0 atom stereocenters. The molecule has 0 N–H and O–H groups in total. The molecule has 152 valence electrons. The average molecular weight is 468 g/mol. The normalized spacial score (nSPS) is 10.7. The Labute approximate surface area is 181 Å². The third kappa shape index (κ3) is 4.74. The molecule has 0 saturated heterocycles. The summed E-state index contributed by atoms with van der Waals surface area (Å²) in [7, 11) is 1.72. The lowest BCUT2D eigenvalue weighted by atomic mass is 10.2. The van der Waals surface area contributed by atoms with Gasteiger partial charge in [-0.05, 0) is 59.0 Å². The number of aromatic nitrogens is 4. The zero-order valence-electron chi connectivity index (χ0n) is 16.1. The number of nitrogens with zero attached hydrogens (tertiary/aromatic N) is 5. The summed E-state index contributed by atoms with van der Waals surface area (Å²) in [5, 5.41) is 11.0. The first-order valence-electron chi connectivity index (χ1n) is 9.13. The van der Waals surface area contributed by atoms with Crippen molar-refractivity contribution in [3.05, 3.63) is 77.2 Å². The molecular formula is C21H18BrN5O3. The third-order valence-corrected chi connectivity index (χ3v) is 4.95. The van der Waals surface area contributed by atoms with Gasteiger partial charge in [-0.25, -0.2) is 4.68 Å². The highest BCUT2D eigenvalue weighted by Crippen LogP contribution is 2.24. The number of amides is 1. The maximum absolute atomic E-state index is 12.4. The standard InChI is InChI=1S/C21H18BrN5O3/c1-26(12-19-10-11-20(30-19)15-2-4-16(22)5-3-15)21(28)13-29-18-8-6-17(7-9-18)27-14-23-24-25-27/h2-11,14H,12-13H2,1H3. The number of hydrogen-bond acceptors (Lipinski definition) is 6. The minimum Gasteiger partial charge on any atom is -0.484 e. The van der Waals surface area contributed by atoms with Crippen LogP contribution in [0.25, 0.3) is 17.0 Å². The van der Waals surface area contributed by atoms with Gasteiger partial charge in [0.1, 0.15) is 23.6 Å². The van der Waals surface area contributed by atoms with E-state index in [0.29, 0.717) is 18.1 Å². The molecule has 8 nitrogen and oxygen atoms in total. The Hall–Kier alpha value is -3.46. The van der Waals surface area contributed by atoms with Crippen LogP contribution in [0.4, 0.5) is 0 Å². The SMILES string of the molecule is CN(Cc1ccc(-c2ccc(Br)cc2)o1)C(=O)COc1ccc(-n2cnnn2)cc1. The van der Waals surface area contributed by atoms with Gasteiger partial charge in [0.05, 0.1) is 12.2 Å². The van der Waals surface area contributed by atoms with Crippen LogP contribution >= 0.6 is 15.9 Å². The second-order valence-corrected chi connectivity index (χ2v) is 7.48. The number of carbonyl (C=O) groups is 1. The number of hydrogen-bond donors (Lipinski definition) is 0. The van der Waals surface area contributed by atoms with E-state index in [-0.39, 0.29) is 12.5 Å². The lowest BCUT2D eigenvalue weighted by Gasteiger charge is -2.16. The molecule has 0 aliphatic rings. The fraction of sp³-hybridized carbons (Fsp3) is 0.143. The molecule has 2 aromatic heterocycles. The zero-order valence-corrected chi connectivity index (χ0v) is 17.7. The van der Waals surface area contributed by atoms with Crippen LogP contribution in [0.1, 0.15) is 5.76 Å². The van der Waals surface area contributed by atoms with Gasteiger partial charge in [-0.15, -0.1) is 5.10 Å². The molecule has 0 fully saturated rings. The molecule has 0 radical (unpaired) electrons. The molecular weight excluding hydrogens is 450 g/mol. The highest BCUT2D eigenvalue weighted by atomic mass is 79.9. The van der Waals surface area contributed by atoms with Gasteiger partial charge in [0, 0.05) is 17.1 Å². The molecule has 0 unspecified atom stereocenters. The summed E-state index contributed by atoms with van der Waals surface area (Å²) in [6, 6.07) is 18.8. The van der Waals surface area contributed by atoms with E-state index in [1.807, 2.05) is 48.5 Å². The molecule has 0 aliphatic heterocycles. The Morgan fingerprint density at radius 1 is 1.10 bits per heavy atom. The quantitative estimate of drug-likeness (QED) is 0.411. The maximum atomic E-state index is 12.4. The number of benzene rings is 2. The van der Waals surface area contributed by atoms with Crippen molar-refractivity contribution < 1.29 is 13.9 Å². The van der Waals surface area contributed by atoms with Gasteiger partial charge in [-0.2, -0.15) is 0 Å². The van der Waals surface area contributed by atoms with Crippen LogP contribution < -0.4 is 4.74 Å². The first kappa shape index (κ1) is 19.8. The van der Waals surface area contributed by atoms with Crippen LogP contribution in [-0.2, 0) is 11.3 Å². The van der Waals surface area contributed by atoms with E-state index in [1.54, 1.807) is 24.1 Å². The minimum absolute atomic E-state index is 0.0684. The average Bonchev–Trinajstić information content (AvgIpc) is 3.45. The van der Waals surface area contributed by atoms with Crippen molar-refractivity contribution >= 4 is 21.8 Å². The van der Waals surface area contributed by atoms with Crippen LogP contribution in [0.5, 0.6) is 5.75 Å². The molecule has 4 rings (SSSR count). The van der Waals surface area contributed by atoms with Gasteiger partial charge >= 0.3 is 0 Å². The fourth-order valence-electron chi connectivity index (χ4n) is 2.78. The smallest absolute Gasteiger partial charge is 0.260 e. The van der Waals surface area contributed by atoms with Crippen LogP contribution in [0.15, 0.2) is 75.9 Å². The van der Waals surface area contributed by atoms with Gasteiger partial charge < -0.3 is 14.1 Å². The summed E-state index contributed by atoms with van der Waals surface area (Å²) in [4.78, 5) is 14.0. The summed E-state index contributed by atoms with van der Waals surface area (Å²) in [6.45, 7) is 0.290. The van der Waals surface area contributed by atoms with E-state index in [0.717, 1.165) is 21.5 Å². The Kier molecular flexibility index (Phi) is 5.89. The Bertz CT molecular complexity index is 1110. The molecule has 0 saturated carbocycles. The highest BCUT2D eigenvalue weighted by Gasteiger charge is 2.13. The van der Waals surface area contributed by atoms with Crippen molar-refractivity contribution in [3.8, 4) is 22.8 Å². The summed E-state index contributed by atoms with van der Waals surface area (Å²) in [5.74, 6) is 1.90. The molecule has 0 aliphatic carbocycles. The highest BCUT2D eigenvalue weighted by molar-refractivity contribution is 9.10. The van der Waals surface area contributed by atoms with Crippen molar-refractivity contribution in [2.45, 2.75) is 6.54 Å². The molecule has 30 heavy (non-hydrogen) atoms. The van der Waals surface area contributed by atoms with Crippen LogP contribution in [0, 0.1) is 0 Å². The predicted molar refractivity (Wildman–Crippen MR) is 113 cm³/mol. The first-order chi connectivity index (χ1) is 14.6. The van der Waals surface area contributed by atoms with Crippen molar-refractivity contribution in [1.29, 1.82) is 0 Å². The summed E-state index contributed by atoms with van der Waals surface area (Å²) >= 11 is 3.42. The number of furan rings is 1. The molecule has 4 aromatic rings. The lowest BCUT2D eigenvalue weighted by Crippen LogP contribution is -2.30. The fourth-order valence-corrected chi connectivity index (χ4v) is 3.05. The van der Waals surface area contributed by atoms with E-state index in [1.165, 1.54) is 11.0 Å². The predicted octanol–water partition coefficient (Wildman–Crippen LogP) is 3.72. The zero-order chi connectivity index (χ0) is 20.9. The van der Waals surface area contributed by atoms with E-state index >= 15 is 0 Å². The third-order valence-electron chi connectivity index (χ3n) is 4.42. The topological polar surface area (TPSA) is 86.3 Å². The largest absolute Gasteiger partial charge is 0.484 e. The number of tetrazole rings is 1. The van der Waals surface area contributed by atoms with Gasteiger partial charge in [0.2, 0.25) is 0 Å². The van der Waals surface area contributed by atoms with Crippen LogP contribution in [-0.4, -0.2) is 44.7 Å². The number of rotatable bonds is 7. The number of ether oxygens (including phenoxy) is 1. The van der Waals surface area contributed by atoms with E-state index in [4.69, 9.17) is 9.15 Å². The van der Waals surface area contributed by atoms with E-state index in [9.17, 15) is 4.79 Å². The summed E-state index contributed by atoms with van der Waals surface area (Å²) in [6.07, 6.45) is 1.51. The van der Waals surface area contributed by atoms with Gasteiger partial charge in [0.25, 0.3) is 5.91 Å². The molecule has 2 aromatic carbocycles. The number of carbonyl (C=O) groups excluding carboxylic acids is 1. The molecule has 9 heteroatoms. The summed E-state index contributed by atoms with van der Waals surface area (Å²) < 4.78 is 14.0. The Morgan fingerprint density at radius 2 is 1.87 bits per heavy atom. The maximum Gasteiger partial charge on any atom is 0.260 e. The van der Waals surface area contributed by atoms with Crippen molar-refractivity contribution in [1.82, 2.24) is 25.1 Å². The Morgan fingerprint density at radius 3 is 2.57 bits per heavy atom. The van der Waals surface area contributed by atoms with Crippen molar-refractivity contribution in [3.63, 3.8) is 0 Å². The van der Waals surface area contributed by atoms with E-state index < -0.39 is 0 Å². The van der Waals surface area contributed by atoms with Crippen LogP contribution in [0.2, 0.25) is 0 Å². The minimum atomic E-state index is -0.152. The first-order valence-corrected chi connectivity index (χ1v) is 9.92. The second kappa shape index (κ2) is 8.91. The number of likely N-dealkylation sites (N-methyl/N-ethyl adjacent to an activating group) is 1. The molecule has 1 amide bonds. The molecule has 2 heterocycles. The second-order valence-electron chi connectivity index (χ2n) is 6.56.